The van der Waals surface area contributed by atoms with E-state index in [-0.39, 0.29) is 25.3 Å². The van der Waals surface area contributed by atoms with Crippen molar-refractivity contribution in [3.63, 3.8) is 0 Å². The summed E-state index contributed by atoms with van der Waals surface area (Å²) in [5.74, 6) is -7.27. The monoisotopic (exact) mass is 501 g/mol. The molecule has 1 saturated heterocycles. The highest BCUT2D eigenvalue weighted by Crippen LogP contribution is 2.07. The quantitative estimate of drug-likeness (QED) is 0.0595. The maximum absolute atomic E-state index is 12.8. The minimum atomic E-state index is -1.78. The Morgan fingerprint density at radius 1 is 0.886 bits per heavy atom. The van der Waals surface area contributed by atoms with Gasteiger partial charge in [0, 0.05) is 6.54 Å². The van der Waals surface area contributed by atoms with E-state index < -0.39 is 72.6 Å². The molecule has 16 heteroatoms. The normalized spacial score (nSPS) is 17.3. The van der Waals surface area contributed by atoms with Crippen LogP contribution in [-0.2, 0) is 28.8 Å². The first kappa shape index (κ1) is 29.1. The molecule has 1 aliphatic heterocycles. The fourth-order valence-corrected chi connectivity index (χ4v) is 3.26. The molecule has 0 aromatic rings. The van der Waals surface area contributed by atoms with E-state index in [0.29, 0.717) is 13.0 Å². The predicted octanol–water partition coefficient (Wildman–Crippen LogP) is -3.72. The van der Waals surface area contributed by atoms with Crippen LogP contribution in [0.25, 0.3) is 0 Å². The number of carbonyl (C=O) groups excluding carboxylic acids is 3. The highest BCUT2D eigenvalue weighted by atomic mass is 16.4. The van der Waals surface area contributed by atoms with E-state index >= 15 is 0 Å². The van der Waals surface area contributed by atoms with Gasteiger partial charge < -0.3 is 48.1 Å². The molecule has 4 unspecified atom stereocenters. The number of carbonyl (C=O) groups is 6. The summed E-state index contributed by atoms with van der Waals surface area (Å²) in [5.41, 5.74) is 10.5. The summed E-state index contributed by atoms with van der Waals surface area (Å²) in [6.45, 7) is 0.648. The van der Waals surface area contributed by atoms with Crippen LogP contribution in [0.15, 0.2) is 4.99 Å². The lowest BCUT2D eigenvalue weighted by Crippen LogP contribution is -2.57. The number of nitrogens with one attached hydrogen (secondary N) is 4. The molecule has 0 aromatic carbocycles. The number of hydrogen-bond donors (Lipinski definition) is 9. The molecular weight excluding hydrogens is 470 g/mol. The lowest BCUT2D eigenvalue weighted by atomic mass is 10.1. The van der Waals surface area contributed by atoms with Gasteiger partial charge in [0.15, 0.2) is 5.96 Å². The van der Waals surface area contributed by atoms with Crippen molar-refractivity contribution in [1.29, 1.82) is 0 Å². The van der Waals surface area contributed by atoms with Crippen molar-refractivity contribution in [2.75, 3.05) is 13.1 Å². The maximum Gasteiger partial charge on any atom is 0.326 e. The van der Waals surface area contributed by atoms with E-state index in [1.165, 1.54) is 0 Å². The zero-order valence-corrected chi connectivity index (χ0v) is 18.9. The number of hydrogen-bond acceptors (Lipinski definition) is 8. The van der Waals surface area contributed by atoms with Crippen molar-refractivity contribution >= 4 is 41.6 Å². The number of guanidine groups is 1. The number of rotatable bonds is 15. The summed E-state index contributed by atoms with van der Waals surface area (Å²) in [6, 6.07) is -5.29. The molecule has 1 aliphatic rings. The Morgan fingerprint density at radius 2 is 1.46 bits per heavy atom. The molecule has 1 rings (SSSR count). The molecule has 1 fully saturated rings. The van der Waals surface area contributed by atoms with Gasteiger partial charge in [-0.1, -0.05) is 0 Å². The van der Waals surface area contributed by atoms with Crippen LogP contribution >= 0.6 is 0 Å². The summed E-state index contributed by atoms with van der Waals surface area (Å²) in [5, 5.41) is 36.8. The molecule has 0 spiro atoms. The van der Waals surface area contributed by atoms with Crippen molar-refractivity contribution in [1.82, 2.24) is 21.3 Å². The van der Waals surface area contributed by atoms with Gasteiger partial charge in [-0.05, 0) is 32.2 Å². The van der Waals surface area contributed by atoms with Crippen LogP contribution in [0.4, 0.5) is 0 Å². The molecule has 4 atom stereocenters. The van der Waals surface area contributed by atoms with Crippen molar-refractivity contribution in [2.45, 2.75) is 62.7 Å². The maximum atomic E-state index is 12.8. The fourth-order valence-electron chi connectivity index (χ4n) is 3.26. The highest BCUT2D eigenvalue weighted by molar-refractivity contribution is 5.96. The van der Waals surface area contributed by atoms with Gasteiger partial charge in [-0.3, -0.25) is 29.0 Å². The fraction of sp³-hybridized carbons (Fsp3) is 0.632. The van der Waals surface area contributed by atoms with E-state index in [9.17, 15) is 33.9 Å². The molecule has 196 valence electrons. The number of nitrogens with zero attached hydrogens (tertiary/aromatic N) is 1. The molecule has 16 nitrogen and oxygen atoms in total. The summed E-state index contributed by atoms with van der Waals surface area (Å²) in [4.78, 5) is 75.1. The second-order valence-corrected chi connectivity index (χ2v) is 7.82. The van der Waals surface area contributed by atoms with Crippen molar-refractivity contribution in [2.24, 2.45) is 16.5 Å². The Bertz CT molecular complexity index is 839. The standard InChI is InChI=1S/C19H31N7O9/c20-19(21)23-6-2-4-10(16(32)26-12(18(34)35)8-14(29)30)24-17(33)11(7-13(27)28)25-15(31)9-3-1-5-22-9/h9-12,22H,1-8H2,(H,24,33)(H,25,31)(H,26,32)(H,27,28)(H,29,30)(H,34,35)(H4,20,21,23). The van der Waals surface area contributed by atoms with E-state index in [2.05, 4.69) is 20.9 Å². The van der Waals surface area contributed by atoms with Crippen LogP contribution in [0.1, 0.15) is 38.5 Å². The van der Waals surface area contributed by atoms with Crippen LogP contribution in [0.5, 0.6) is 0 Å². The molecule has 1 heterocycles. The van der Waals surface area contributed by atoms with Gasteiger partial charge in [0.05, 0.1) is 18.9 Å². The molecule has 3 amide bonds. The molecular formula is C19H31N7O9. The molecule has 11 N–H and O–H groups in total. The molecule has 0 radical (unpaired) electrons. The number of amides is 3. The van der Waals surface area contributed by atoms with E-state index in [0.717, 1.165) is 6.42 Å². The number of carboxylic acid groups (broad SMARTS) is 3. The van der Waals surface area contributed by atoms with Crippen LogP contribution < -0.4 is 32.7 Å². The highest BCUT2D eigenvalue weighted by Gasteiger charge is 2.32. The van der Waals surface area contributed by atoms with Gasteiger partial charge in [0.2, 0.25) is 17.7 Å². The number of aliphatic imine (C=N–C) groups is 1. The Kier molecular flexibility index (Phi) is 11.9. The Morgan fingerprint density at radius 3 is 1.97 bits per heavy atom. The third kappa shape index (κ3) is 11.1. The van der Waals surface area contributed by atoms with Gasteiger partial charge in [-0.25, -0.2) is 4.79 Å². The second kappa shape index (κ2) is 14.3. The third-order valence-electron chi connectivity index (χ3n) is 4.96. The largest absolute Gasteiger partial charge is 0.481 e. The summed E-state index contributed by atoms with van der Waals surface area (Å²) >= 11 is 0. The zero-order chi connectivity index (χ0) is 26.5. The van der Waals surface area contributed by atoms with Crippen molar-refractivity contribution < 1.29 is 44.1 Å². The lowest BCUT2D eigenvalue weighted by Gasteiger charge is -2.24. The van der Waals surface area contributed by atoms with Crippen LogP contribution in [0.3, 0.4) is 0 Å². The third-order valence-corrected chi connectivity index (χ3v) is 4.96. The molecule has 0 aromatic heterocycles. The smallest absolute Gasteiger partial charge is 0.326 e. The van der Waals surface area contributed by atoms with Crippen LogP contribution in [-0.4, -0.2) is 94.2 Å². The van der Waals surface area contributed by atoms with E-state index in [1.807, 2.05) is 5.32 Å². The van der Waals surface area contributed by atoms with E-state index in [4.69, 9.17) is 21.7 Å². The van der Waals surface area contributed by atoms with Crippen LogP contribution in [0.2, 0.25) is 0 Å². The molecule has 0 aliphatic carbocycles. The number of nitrogens with two attached hydrogens (primary N) is 2. The predicted molar refractivity (Wildman–Crippen MR) is 119 cm³/mol. The van der Waals surface area contributed by atoms with Gasteiger partial charge >= 0.3 is 17.9 Å². The zero-order valence-electron chi connectivity index (χ0n) is 18.9. The van der Waals surface area contributed by atoms with Crippen LogP contribution in [0, 0.1) is 0 Å². The first-order valence-electron chi connectivity index (χ1n) is 10.8. The summed E-state index contributed by atoms with van der Waals surface area (Å²) in [6.07, 6.45) is -0.415. The van der Waals surface area contributed by atoms with Gasteiger partial charge in [0.1, 0.15) is 18.1 Å². The average Bonchev–Trinajstić information content (AvgIpc) is 3.28. The molecule has 0 bridgehead atoms. The Balaban J connectivity index is 2.99. The van der Waals surface area contributed by atoms with E-state index in [1.54, 1.807) is 0 Å². The number of aliphatic carboxylic acids is 3. The Labute approximate surface area is 199 Å². The minimum Gasteiger partial charge on any atom is -0.481 e. The van der Waals surface area contributed by atoms with Gasteiger partial charge in [-0.2, -0.15) is 0 Å². The second-order valence-electron chi connectivity index (χ2n) is 7.82. The summed E-state index contributed by atoms with van der Waals surface area (Å²) < 4.78 is 0. The SMILES string of the molecule is NC(N)=NCCCC(NC(=O)C(CC(=O)O)NC(=O)C1CCCN1)C(=O)NC(CC(=O)O)C(=O)O. The minimum absolute atomic E-state index is 0.0576. The van der Waals surface area contributed by atoms with Gasteiger partial charge in [-0.15, -0.1) is 0 Å². The summed E-state index contributed by atoms with van der Waals surface area (Å²) in [7, 11) is 0. The average molecular weight is 501 g/mol. The molecule has 35 heavy (non-hydrogen) atoms. The van der Waals surface area contributed by atoms with Crippen molar-refractivity contribution in [3.05, 3.63) is 0 Å². The van der Waals surface area contributed by atoms with Gasteiger partial charge in [0.25, 0.3) is 0 Å². The number of carboxylic acids is 3. The lowest BCUT2D eigenvalue weighted by molar-refractivity contribution is -0.147. The topological polar surface area (TPSA) is 276 Å². The first-order valence-corrected chi connectivity index (χ1v) is 10.8. The molecule has 0 saturated carbocycles. The van der Waals surface area contributed by atoms with Crippen molar-refractivity contribution in [3.8, 4) is 0 Å². The Hall–Kier alpha value is -3.95. The first-order chi connectivity index (χ1) is 16.4.